The molecule has 7 heteroatoms. The lowest BCUT2D eigenvalue weighted by molar-refractivity contribution is 0.671. The summed E-state index contributed by atoms with van der Waals surface area (Å²) in [6.45, 7) is 7.19. The average molecular weight is 409 g/mol. The molecule has 0 aliphatic rings. The van der Waals surface area contributed by atoms with Crippen LogP contribution < -0.4 is 5.56 Å². The summed E-state index contributed by atoms with van der Waals surface area (Å²) >= 11 is 3.09. The smallest absolute Gasteiger partial charge is 0.263 e. The van der Waals surface area contributed by atoms with Gasteiger partial charge in [-0.05, 0) is 18.6 Å². The number of thiophene rings is 1. The SMILES string of the molecule is C=CCn1c(SCc2nccn2CC)nc2sc(-c3ccccc3)cc2c1=O. The summed E-state index contributed by atoms with van der Waals surface area (Å²) < 4.78 is 3.79. The Labute approximate surface area is 171 Å². The highest BCUT2D eigenvalue weighted by molar-refractivity contribution is 7.98. The number of aromatic nitrogens is 4. The first-order chi connectivity index (χ1) is 13.7. The van der Waals surface area contributed by atoms with E-state index < -0.39 is 0 Å². The first-order valence-electron chi connectivity index (χ1n) is 9.04. The van der Waals surface area contributed by atoms with Crippen LogP contribution in [-0.2, 0) is 18.8 Å². The van der Waals surface area contributed by atoms with Gasteiger partial charge in [0.05, 0.1) is 11.1 Å². The Morgan fingerprint density at radius 2 is 2.11 bits per heavy atom. The molecule has 1 aromatic carbocycles. The van der Waals surface area contributed by atoms with E-state index in [4.69, 9.17) is 4.98 Å². The fourth-order valence-corrected chi connectivity index (χ4v) is 5.09. The molecule has 0 aliphatic carbocycles. The van der Waals surface area contributed by atoms with E-state index in [-0.39, 0.29) is 5.56 Å². The molecule has 5 nitrogen and oxygen atoms in total. The van der Waals surface area contributed by atoms with Gasteiger partial charge in [-0.1, -0.05) is 48.2 Å². The minimum atomic E-state index is -0.0235. The minimum Gasteiger partial charge on any atom is -0.335 e. The number of hydrogen-bond donors (Lipinski definition) is 0. The number of thioether (sulfide) groups is 1. The standard InChI is InChI=1S/C21H20N4OS2/c1-3-11-25-20(26)16-13-17(15-8-6-5-7-9-15)28-19(16)23-21(25)27-14-18-22-10-12-24(18)4-2/h3,5-10,12-13H,1,4,11,14H2,2H3. The van der Waals surface area contributed by atoms with Gasteiger partial charge in [0.25, 0.3) is 5.56 Å². The number of hydrogen-bond acceptors (Lipinski definition) is 5. The first-order valence-corrected chi connectivity index (χ1v) is 10.8. The second kappa shape index (κ2) is 8.16. The van der Waals surface area contributed by atoms with Crippen LogP contribution in [0.5, 0.6) is 0 Å². The van der Waals surface area contributed by atoms with Gasteiger partial charge in [0.1, 0.15) is 10.7 Å². The zero-order valence-electron chi connectivity index (χ0n) is 15.5. The molecule has 0 atom stereocenters. The van der Waals surface area contributed by atoms with Crippen molar-refractivity contribution in [1.29, 1.82) is 0 Å². The van der Waals surface area contributed by atoms with Crippen molar-refractivity contribution in [2.75, 3.05) is 0 Å². The van der Waals surface area contributed by atoms with Gasteiger partial charge in [-0.25, -0.2) is 9.97 Å². The number of allylic oxidation sites excluding steroid dienone is 1. The maximum Gasteiger partial charge on any atom is 0.263 e. The Balaban J connectivity index is 1.75. The van der Waals surface area contributed by atoms with Crippen molar-refractivity contribution in [2.24, 2.45) is 0 Å². The van der Waals surface area contributed by atoms with E-state index in [1.807, 2.05) is 42.6 Å². The monoisotopic (exact) mass is 408 g/mol. The number of rotatable bonds is 7. The minimum absolute atomic E-state index is 0.0235. The zero-order chi connectivity index (χ0) is 19.5. The molecule has 0 aliphatic heterocycles. The lowest BCUT2D eigenvalue weighted by Crippen LogP contribution is -2.22. The molecule has 3 aromatic heterocycles. The van der Waals surface area contributed by atoms with Crippen LogP contribution in [0.15, 0.2) is 71.4 Å². The fourth-order valence-electron chi connectivity index (χ4n) is 3.04. The van der Waals surface area contributed by atoms with Crippen LogP contribution in [0, 0.1) is 0 Å². The van der Waals surface area contributed by atoms with Crippen LogP contribution in [-0.4, -0.2) is 19.1 Å². The molecule has 0 radical (unpaired) electrons. The molecule has 4 aromatic rings. The third-order valence-electron chi connectivity index (χ3n) is 4.46. The summed E-state index contributed by atoms with van der Waals surface area (Å²) in [5.74, 6) is 1.63. The van der Waals surface area contributed by atoms with E-state index in [1.54, 1.807) is 28.2 Å². The predicted octanol–water partition coefficient (Wildman–Crippen LogP) is 4.82. The second-order valence-electron chi connectivity index (χ2n) is 6.21. The Bertz CT molecular complexity index is 1170. The van der Waals surface area contributed by atoms with E-state index in [1.165, 1.54) is 11.8 Å². The number of aryl methyl sites for hydroxylation is 1. The van der Waals surface area contributed by atoms with Crippen LogP contribution in [0.3, 0.4) is 0 Å². The summed E-state index contributed by atoms with van der Waals surface area (Å²) in [5.41, 5.74) is 1.07. The van der Waals surface area contributed by atoms with Gasteiger partial charge in [0, 0.05) is 30.4 Å². The Morgan fingerprint density at radius 1 is 1.29 bits per heavy atom. The number of benzene rings is 1. The van der Waals surface area contributed by atoms with Crippen LogP contribution >= 0.6 is 23.1 Å². The molecular formula is C21H20N4OS2. The molecule has 0 amide bonds. The summed E-state index contributed by atoms with van der Waals surface area (Å²) in [5, 5.41) is 1.36. The van der Waals surface area contributed by atoms with Gasteiger partial charge >= 0.3 is 0 Å². The van der Waals surface area contributed by atoms with E-state index in [9.17, 15) is 4.79 Å². The number of imidazole rings is 1. The lowest BCUT2D eigenvalue weighted by Gasteiger charge is -2.10. The van der Waals surface area contributed by atoms with Crippen molar-refractivity contribution in [3.05, 3.63) is 77.6 Å². The Hall–Kier alpha value is -2.64. The lowest BCUT2D eigenvalue weighted by atomic mass is 10.2. The molecule has 4 rings (SSSR count). The summed E-state index contributed by atoms with van der Waals surface area (Å²) in [7, 11) is 0. The van der Waals surface area contributed by atoms with E-state index in [0.29, 0.717) is 22.8 Å². The van der Waals surface area contributed by atoms with Crippen molar-refractivity contribution < 1.29 is 0 Å². The quantitative estimate of drug-likeness (QED) is 0.250. The molecule has 0 N–H and O–H groups in total. The summed E-state index contributed by atoms with van der Waals surface area (Å²) in [6, 6.07) is 12.0. The highest BCUT2D eigenvalue weighted by atomic mass is 32.2. The van der Waals surface area contributed by atoms with Crippen LogP contribution in [0.1, 0.15) is 12.7 Å². The van der Waals surface area contributed by atoms with Crippen LogP contribution in [0.25, 0.3) is 20.7 Å². The maximum absolute atomic E-state index is 13.1. The molecule has 28 heavy (non-hydrogen) atoms. The Morgan fingerprint density at radius 3 is 2.86 bits per heavy atom. The number of nitrogens with zero attached hydrogens (tertiary/aromatic N) is 4. The van der Waals surface area contributed by atoms with Gasteiger partial charge in [-0.2, -0.15) is 0 Å². The molecule has 0 spiro atoms. The van der Waals surface area contributed by atoms with Crippen LogP contribution in [0.4, 0.5) is 0 Å². The molecule has 142 valence electrons. The average Bonchev–Trinajstić information content (AvgIpc) is 3.36. The molecule has 0 unspecified atom stereocenters. The normalized spacial score (nSPS) is 11.2. The van der Waals surface area contributed by atoms with Crippen molar-refractivity contribution in [1.82, 2.24) is 19.1 Å². The fraction of sp³-hybridized carbons (Fsp3) is 0.190. The maximum atomic E-state index is 13.1. The zero-order valence-corrected chi connectivity index (χ0v) is 17.2. The Kier molecular flexibility index (Phi) is 5.45. The summed E-state index contributed by atoms with van der Waals surface area (Å²) in [4.78, 5) is 24.2. The first kappa shape index (κ1) is 18.7. The largest absolute Gasteiger partial charge is 0.335 e. The van der Waals surface area contributed by atoms with Crippen molar-refractivity contribution in [3.8, 4) is 10.4 Å². The van der Waals surface area contributed by atoms with Gasteiger partial charge in [0.15, 0.2) is 5.16 Å². The molecule has 0 saturated heterocycles. The van der Waals surface area contributed by atoms with Crippen LogP contribution in [0.2, 0.25) is 0 Å². The molecule has 0 saturated carbocycles. The topological polar surface area (TPSA) is 52.7 Å². The predicted molar refractivity (Wildman–Crippen MR) is 117 cm³/mol. The third-order valence-corrected chi connectivity index (χ3v) is 6.51. The molecule has 0 fully saturated rings. The highest BCUT2D eigenvalue weighted by Gasteiger charge is 2.15. The second-order valence-corrected chi connectivity index (χ2v) is 8.19. The van der Waals surface area contributed by atoms with E-state index in [0.717, 1.165) is 27.6 Å². The van der Waals surface area contributed by atoms with Gasteiger partial charge in [-0.3, -0.25) is 9.36 Å². The molecule has 3 heterocycles. The summed E-state index contributed by atoms with van der Waals surface area (Å²) in [6.07, 6.45) is 5.50. The van der Waals surface area contributed by atoms with Gasteiger partial charge in [-0.15, -0.1) is 17.9 Å². The highest BCUT2D eigenvalue weighted by Crippen LogP contribution is 2.32. The molecular weight excluding hydrogens is 388 g/mol. The molecule has 0 bridgehead atoms. The number of fused-ring (bicyclic) bond motifs is 1. The van der Waals surface area contributed by atoms with Crippen molar-refractivity contribution in [2.45, 2.75) is 30.9 Å². The van der Waals surface area contributed by atoms with E-state index >= 15 is 0 Å². The van der Waals surface area contributed by atoms with Crippen molar-refractivity contribution >= 4 is 33.3 Å². The van der Waals surface area contributed by atoms with E-state index in [2.05, 4.69) is 23.1 Å². The van der Waals surface area contributed by atoms with Crippen molar-refractivity contribution in [3.63, 3.8) is 0 Å². The van der Waals surface area contributed by atoms with Gasteiger partial charge < -0.3 is 4.57 Å². The van der Waals surface area contributed by atoms with Gasteiger partial charge in [0.2, 0.25) is 0 Å². The third kappa shape index (κ3) is 3.55.